The van der Waals surface area contributed by atoms with Crippen LogP contribution in [0.5, 0.6) is 0 Å². The Balaban J connectivity index is 1.62. The summed E-state index contributed by atoms with van der Waals surface area (Å²) in [5.41, 5.74) is 1.11. The molecule has 0 unspecified atom stereocenters. The molecule has 120 valence electrons. The van der Waals surface area contributed by atoms with Crippen LogP contribution in [0.4, 0.5) is 4.39 Å². The van der Waals surface area contributed by atoms with Crippen LogP contribution in [0.3, 0.4) is 0 Å². The molecule has 0 bridgehead atoms. The van der Waals surface area contributed by atoms with E-state index in [1.54, 1.807) is 17.9 Å². The van der Waals surface area contributed by atoms with Crippen LogP contribution in [0.15, 0.2) is 41.0 Å². The molecule has 1 amide bonds. The molecule has 0 atom stereocenters. The van der Waals surface area contributed by atoms with Crippen molar-refractivity contribution in [2.24, 2.45) is 5.92 Å². The number of halogens is 1. The molecule has 1 aliphatic heterocycles. The fourth-order valence-corrected chi connectivity index (χ4v) is 2.97. The van der Waals surface area contributed by atoms with Crippen LogP contribution in [-0.4, -0.2) is 29.7 Å². The van der Waals surface area contributed by atoms with Crippen LogP contribution in [0.25, 0.3) is 0 Å². The molecule has 0 saturated carbocycles. The van der Waals surface area contributed by atoms with E-state index in [0.29, 0.717) is 42.8 Å². The Hall–Kier alpha value is -2.43. The molecule has 2 heterocycles. The van der Waals surface area contributed by atoms with Crippen molar-refractivity contribution in [3.63, 3.8) is 0 Å². The summed E-state index contributed by atoms with van der Waals surface area (Å²) >= 11 is 0. The largest absolute Gasteiger partial charge is 0.469 e. The molecule has 1 aromatic carbocycles. The van der Waals surface area contributed by atoms with Crippen molar-refractivity contribution in [1.29, 1.82) is 0 Å². The van der Waals surface area contributed by atoms with Gasteiger partial charge in [-0.1, -0.05) is 0 Å². The number of aryl methyl sites for hydroxylation is 1. The van der Waals surface area contributed by atoms with Gasteiger partial charge in [-0.05, 0) is 50.1 Å². The average molecular weight is 315 g/mol. The fourth-order valence-electron chi connectivity index (χ4n) is 2.97. The lowest BCUT2D eigenvalue weighted by Crippen LogP contribution is -2.40. The lowest BCUT2D eigenvalue weighted by molar-refractivity contribution is 0.0649. The molecule has 2 aromatic rings. The number of furan rings is 1. The number of nitrogens with zero attached hydrogens (tertiary/aromatic N) is 1. The van der Waals surface area contributed by atoms with Gasteiger partial charge in [-0.15, -0.1) is 0 Å². The lowest BCUT2D eigenvalue weighted by Gasteiger charge is -2.31. The quantitative estimate of drug-likeness (QED) is 0.815. The molecule has 0 spiro atoms. The molecule has 3 rings (SSSR count). The Kier molecular flexibility index (Phi) is 4.28. The van der Waals surface area contributed by atoms with Crippen molar-refractivity contribution in [1.82, 2.24) is 4.90 Å². The second-order valence-electron chi connectivity index (χ2n) is 5.83. The van der Waals surface area contributed by atoms with Gasteiger partial charge < -0.3 is 9.32 Å². The van der Waals surface area contributed by atoms with Gasteiger partial charge >= 0.3 is 0 Å². The first kappa shape index (κ1) is 15.5. The maximum absolute atomic E-state index is 12.9. The molecule has 4 nitrogen and oxygen atoms in total. The highest BCUT2D eigenvalue weighted by Crippen LogP contribution is 2.24. The van der Waals surface area contributed by atoms with Gasteiger partial charge in [0.2, 0.25) is 0 Å². The van der Waals surface area contributed by atoms with Crippen molar-refractivity contribution < 1.29 is 18.4 Å². The van der Waals surface area contributed by atoms with Gasteiger partial charge in [0.1, 0.15) is 11.6 Å². The summed E-state index contributed by atoms with van der Waals surface area (Å²) in [5, 5.41) is 0. The maximum Gasteiger partial charge on any atom is 0.257 e. The number of Topliss-reactive ketones (excluding diaryl/α,β-unsaturated/α-hetero) is 1. The van der Waals surface area contributed by atoms with E-state index in [0.717, 1.165) is 0 Å². The van der Waals surface area contributed by atoms with E-state index in [1.807, 2.05) is 0 Å². The lowest BCUT2D eigenvalue weighted by atomic mass is 9.88. The SMILES string of the molecule is Cc1occc1C(=O)N1CCC(C(=O)c2ccc(F)cc2)CC1. The standard InChI is InChI=1S/C18H18FNO3/c1-12-16(8-11-23-12)18(22)20-9-6-14(7-10-20)17(21)13-2-4-15(19)5-3-13/h2-5,8,11,14H,6-7,9-10H2,1H3. The van der Waals surface area contributed by atoms with E-state index >= 15 is 0 Å². The molecule has 0 aliphatic carbocycles. The number of carbonyl (C=O) groups is 2. The number of rotatable bonds is 3. The maximum atomic E-state index is 12.9. The average Bonchev–Trinajstić information content (AvgIpc) is 3.00. The number of ketones is 1. The summed E-state index contributed by atoms with van der Waals surface area (Å²) in [6.07, 6.45) is 2.76. The topological polar surface area (TPSA) is 50.5 Å². The predicted octanol–water partition coefficient (Wildman–Crippen LogP) is 3.46. The van der Waals surface area contributed by atoms with Crippen LogP contribution in [-0.2, 0) is 0 Å². The van der Waals surface area contributed by atoms with Gasteiger partial charge in [0, 0.05) is 24.6 Å². The Bertz CT molecular complexity index is 712. The van der Waals surface area contributed by atoms with Gasteiger partial charge in [0.15, 0.2) is 5.78 Å². The van der Waals surface area contributed by atoms with Crippen molar-refractivity contribution in [2.45, 2.75) is 19.8 Å². The van der Waals surface area contributed by atoms with Gasteiger partial charge in [-0.3, -0.25) is 9.59 Å². The van der Waals surface area contributed by atoms with Crippen LogP contribution in [0.1, 0.15) is 39.3 Å². The third kappa shape index (κ3) is 3.18. The first-order valence-electron chi connectivity index (χ1n) is 7.69. The van der Waals surface area contributed by atoms with Gasteiger partial charge in [-0.2, -0.15) is 0 Å². The number of hydrogen-bond donors (Lipinski definition) is 0. The van der Waals surface area contributed by atoms with Crippen LogP contribution in [0, 0.1) is 18.7 Å². The molecule has 1 fully saturated rings. The number of hydrogen-bond acceptors (Lipinski definition) is 3. The molecule has 0 radical (unpaired) electrons. The van der Waals surface area contributed by atoms with Gasteiger partial charge in [-0.25, -0.2) is 4.39 Å². The van der Waals surface area contributed by atoms with Crippen molar-refractivity contribution in [3.8, 4) is 0 Å². The third-order valence-electron chi connectivity index (χ3n) is 4.37. The Labute approximate surface area is 133 Å². The molecule has 1 aliphatic rings. The van der Waals surface area contributed by atoms with E-state index < -0.39 is 0 Å². The molecule has 5 heteroatoms. The highest BCUT2D eigenvalue weighted by molar-refractivity contribution is 5.98. The van der Waals surface area contributed by atoms with E-state index in [4.69, 9.17) is 4.42 Å². The predicted molar refractivity (Wildman–Crippen MR) is 82.8 cm³/mol. The van der Waals surface area contributed by atoms with E-state index in [2.05, 4.69) is 0 Å². The number of benzene rings is 1. The summed E-state index contributed by atoms with van der Waals surface area (Å²) in [6.45, 7) is 2.85. The summed E-state index contributed by atoms with van der Waals surface area (Å²) in [6, 6.07) is 7.31. The molecule has 23 heavy (non-hydrogen) atoms. The van der Waals surface area contributed by atoms with Gasteiger partial charge in [0.25, 0.3) is 5.91 Å². The summed E-state index contributed by atoms with van der Waals surface area (Å²) < 4.78 is 18.1. The second kappa shape index (κ2) is 6.36. The van der Waals surface area contributed by atoms with Crippen molar-refractivity contribution >= 4 is 11.7 Å². The van der Waals surface area contributed by atoms with Crippen LogP contribution < -0.4 is 0 Å². The Morgan fingerprint density at radius 3 is 2.35 bits per heavy atom. The summed E-state index contributed by atoms with van der Waals surface area (Å²) in [5.74, 6) is 0.118. The van der Waals surface area contributed by atoms with Crippen molar-refractivity contribution in [2.75, 3.05) is 13.1 Å². The number of piperidine rings is 1. The van der Waals surface area contributed by atoms with E-state index in [1.165, 1.54) is 30.5 Å². The number of carbonyl (C=O) groups excluding carboxylic acids is 2. The minimum Gasteiger partial charge on any atom is -0.469 e. The molecular weight excluding hydrogens is 297 g/mol. The smallest absolute Gasteiger partial charge is 0.257 e. The van der Waals surface area contributed by atoms with Crippen LogP contribution in [0.2, 0.25) is 0 Å². The molecular formula is C18H18FNO3. The minimum atomic E-state index is -0.350. The van der Waals surface area contributed by atoms with Crippen molar-refractivity contribution in [3.05, 3.63) is 59.3 Å². The Morgan fingerprint density at radius 1 is 1.13 bits per heavy atom. The molecule has 1 saturated heterocycles. The zero-order chi connectivity index (χ0) is 16.4. The number of amides is 1. The summed E-state index contributed by atoms with van der Waals surface area (Å²) in [7, 11) is 0. The fraction of sp³-hybridized carbons (Fsp3) is 0.333. The highest BCUT2D eigenvalue weighted by Gasteiger charge is 2.29. The van der Waals surface area contributed by atoms with E-state index in [-0.39, 0.29) is 23.4 Å². The molecule has 1 aromatic heterocycles. The minimum absolute atomic E-state index is 0.0246. The zero-order valence-corrected chi connectivity index (χ0v) is 12.9. The number of likely N-dealkylation sites (tertiary alicyclic amines) is 1. The first-order chi connectivity index (χ1) is 11.1. The Morgan fingerprint density at radius 2 is 1.78 bits per heavy atom. The van der Waals surface area contributed by atoms with Crippen LogP contribution >= 0.6 is 0 Å². The first-order valence-corrected chi connectivity index (χ1v) is 7.69. The summed E-state index contributed by atoms with van der Waals surface area (Å²) in [4.78, 5) is 26.6. The highest BCUT2D eigenvalue weighted by atomic mass is 19.1. The third-order valence-corrected chi connectivity index (χ3v) is 4.37. The molecule has 0 N–H and O–H groups in total. The van der Waals surface area contributed by atoms with E-state index in [9.17, 15) is 14.0 Å². The normalized spacial score (nSPS) is 15.7. The van der Waals surface area contributed by atoms with Gasteiger partial charge in [0.05, 0.1) is 11.8 Å². The zero-order valence-electron chi connectivity index (χ0n) is 12.9. The second-order valence-corrected chi connectivity index (χ2v) is 5.83. The monoisotopic (exact) mass is 315 g/mol.